The Morgan fingerprint density at radius 1 is 0.619 bits per heavy atom. The van der Waals surface area contributed by atoms with Crippen molar-refractivity contribution >= 4 is 120 Å². The molecule has 0 aromatic rings. The van der Waals surface area contributed by atoms with Gasteiger partial charge in [0, 0.05) is 89.6 Å². The molecule has 0 saturated heterocycles. The van der Waals surface area contributed by atoms with Crippen molar-refractivity contribution in [1.82, 2.24) is 16.0 Å². The van der Waals surface area contributed by atoms with Gasteiger partial charge in [-0.2, -0.15) is 37.0 Å². The summed E-state index contributed by atoms with van der Waals surface area (Å²) in [5.41, 5.74) is 6.11. The topological polar surface area (TPSA) is 472 Å². The van der Waals surface area contributed by atoms with Crippen molar-refractivity contribution in [2.45, 2.75) is 359 Å². The van der Waals surface area contributed by atoms with Gasteiger partial charge in [0.15, 0.2) is 17.3 Å². The number of ketones is 1. The second-order valence-corrected chi connectivity index (χ2v) is 48.7. The Morgan fingerprint density at radius 3 is 1.59 bits per heavy atom. The van der Waals surface area contributed by atoms with E-state index in [-0.39, 0.29) is 149 Å². The van der Waals surface area contributed by atoms with Gasteiger partial charge in [-0.05, 0) is 320 Å². The van der Waals surface area contributed by atoms with Gasteiger partial charge in [0.1, 0.15) is 18.1 Å². The van der Waals surface area contributed by atoms with Crippen LogP contribution in [0.15, 0.2) is 104 Å². The number of ether oxygens (including phenoxy) is 6. The van der Waals surface area contributed by atoms with E-state index in [2.05, 4.69) is 171 Å². The number of carbonyl (C=O) groups is 14. The van der Waals surface area contributed by atoms with Gasteiger partial charge in [0.2, 0.25) is 23.5 Å². The molecule has 0 aliphatic heterocycles. The fourth-order valence-corrected chi connectivity index (χ4v) is 26.7. The first-order chi connectivity index (χ1) is 67.8. The standard InChI is InChI=1S/C39H61NO9S.C29H40O4.C29H48O4.2C6H11NO3S.C4H6O3.CH4O/c1-23-13-16-37(7,8)31(21-38(9,10)36(45)46)24(2)14-17-39(11)18-15-33(48-27(5)42)34(49-28(6)43)25(3)19-29(20-30(23)39)50-22-32(35(44)47-12)40-26(4)41;1-17-18-7-8-21-27(4,19(18)15-20(30)23(17)31)12-14-29(6)22-16-26(3,24(32)33)10-9-25(22,2)11-13-28(21,29)5;1-9-28(7)19-27(6,14-13-26(4,5)25(32)33)15-16-29(28,8)24-11-10-22(20(2)18-31)23(12-17-30)21(24)3;2*1-4(8)7-5(3-11)6(9)10-2;1-3(5)7-4(2)6;1-2/h15,18-19,23-24,29-32H,13-14,16-17,20-22H2,1-12H3,(H,40,41)(H,45,46);7,15,21-22,31H,8-14,16H2,1-6H3,(H,32,33);11-12,21,30-31H,9-10,13-19H2,1-8H3,(H,32,33);2*5,11H,3H2,1-2H3,(H,7,8);1-2H3;2H,1H3/b18-15+,25-19+,34-33-;;22-20-,23-12-;;;;/t23-,24+,29?,30?,31-,32-,39-;21?,22-,25-,26-,27+,28-,29+;21-,27-,28+,29-;2*5-;;/m01100../s1. The quantitative estimate of drug-likeness (QED) is 0.0133. The number of rotatable bonds is 25. The lowest BCUT2D eigenvalue weighted by atomic mass is 9.32. The number of aliphatic carboxylic acids is 3. The summed E-state index contributed by atoms with van der Waals surface area (Å²) >= 11 is 9.25. The summed E-state index contributed by atoms with van der Waals surface area (Å²) in [6.45, 7) is 56.7. The number of allylic oxidation sites excluding steroid dienone is 12. The molecule has 3 unspecified atom stereocenters. The normalized spacial score (nSPS) is 32.0. The minimum Gasteiger partial charge on any atom is -0.504 e. The molecule has 5 fully saturated rings. The van der Waals surface area contributed by atoms with Crippen molar-refractivity contribution in [3.8, 4) is 0 Å². The molecule has 33 heteroatoms. The number of amides is 3. The van der Waals surface area contributed by atoms with Crippen LogP contribution in [0.4, 0.5) is 0 Å². The molecule has 30 nitrogen and oxygen atoms in total. The Labute approximate surface area is 890 Å². The van der Waals surface area contributed by atoms with Crippen LogP contribution in [-0.4, -0.2) is 201 Å². The van der Waals surface area contributed by atoms with E-state index in [0.29, 0.717) is 30.3 Å². The summed E-state index contributed by atoms with van der Waals surface area (Å²) in [6, 6.07) is -2.13. The lowest BCUT2D eigenvalue weighted by molar-refractivity contribution is -0.217. The van der Waals surface area contributed by atoms with Crippen molar-refractivity contribution in [2.75, 3.05) is 58.9 Å². The molecule has 3 amide bonds. The average molecular weight is 2120 g/mol. The van der Waals surface area contributed by atoms with E-state index in [1.807, 2.05) is 60.6 Å². The monoisotopic (exact) mass is 2120 g/mol. The number of hydrogen-bond donors (Lipinski definition) is 12. The number of carboxylic acids is 3. The third kappa shape index (κ3) is 33.7. The molecule has 0 heterocycles. The van der Waals surface area contributed by atoms with Crippen LogP contribution in [0.1, 0.15) is 336 Å². The summed E-state index contributed by atoms with van der Waals surface area (Å²) in [5.74, 6) is -4.34. The van der Waals surface area contributed by atoms with Gasteiger partial charge in [-0.1, -0.05) is 133 Å². The van der Waals surface area contributed by atoms with Gasteiger partial charge in [-0.15, -0.1) is 0 Å². The van der Waals surface area contributed by atoms with E-state index in [9.17, 15) is 97.8 Å². The molecular weight excluding hydrogens is 1940 g/mol. The number of hydrogen-bond acceptors (Lipinski definition) is 27. The first-order valence-corrected chi connectivity index (χ1v) is 54.0. The molecule has 0 bridgehead atoms. The lowest BCUT2D eigenvalue weighted by Crippen LogP contribution is -2.64. The van der Waals surface area contributed by atoms with Crippen LogP contribution in [0.2, 0.25) is 0 Å². The van der Waals surface area contributed by atoms with Crippen LogP contribution in [0.25, 0.3) is 0 Å². The number of nitrogens with one attached hydrogen (secondary N) is 3. The largest absolute Gasteiger partial charge is 0.504 e. The van der Waals surface area contributed by atoms with E-state index in [1.54, 1.807) is 19.1 Å². The van der Waals surface area contributed by atoms with Gasteiger partial charge in [-0.25, -0.2) is 14.4 Å². The van der Waals surface area contributed by atoms with Crippen molar-refractivity contribution < 1.29 is 131 Å². The highest BCUT2D eigenvalue weighted by atomic mass is 32.2. The Hall–Kier alpha value is -8.63. The number of carbonyl (C=O) groups excluding carboxylic acids is 11. The van der Waals surface area contributed by atoms with Crippen LogP contribution in [0, 0.1) is 106 Å². The molecule has 0 spiro atoms. The second kappa shape index (κ2) is 55.6. The van der Waals surface area contributed by atoms with Gasteiger partial charge in [0.05, 0.1) is 50.8 Å². The highest BCUT2D eigenvalue weighted by Crippen LogP contribution is 2.77. The molecule has 5 saturated carbocycles. The molecule has 9 aliphatic carbocycles. The summed E-state index contributed by atoms with van der Waals surface area (Å²) in [6.07, 6.45) is 33.6. The van der Waals surface area contributed by atoms with Gasteiger partial charge >= 0.3 is 59.7 Å². The third-order valence-corrected chi connectivity index (χ3v) is 36.8. The molecule has 9 aliphatic rings. The molecule has 9 rings (SSSR count). The Balaban J connectivity index is 0.000000501. The molecule has 0 radical (unpaired) electrons. The van der Waals surface area contributed by atoms with E-state index in [4.69, 9.17) is 19.3 Å². The van der Waals surface area contributed by atoms with Crippen molar-refractivity contribution in [1.29, 1.82) is 0 Å². The number of thiol groups is 2. The fraction of sp³-hybridized carbons (Fsp3) is 0.719. The number of methoxy groups -OCH3 is 3. The maximum absolute atomic E-state index is 12.6. The number of aliphatic hydroxyl groups excluding tert-OH is 4. The number of fused-ring (bicyclic) bond motifs is 8. The highest BCUT2D eigenvalue weighted by molar-refractivity contribution is 8.00. The minimum atomic E-state index is -0.862. The average Bonchev–Trinajstić information content (AvgIpc) is 0.674. The van der Waals surface area contributed by atoms with Crippen LogP contribution < -0.4 is 16.0 Å². The van der Waals surface area contributed by atoms with Crippen molar-refractivity contribution in [3.63, 3.8) is 0 Å². The zero-order valence-corrected chi connectivity index (χ0v) is 97.0. The molecule has 147 heavy (non-hydrogen) atoms. The fourth-order valence-electron chi connectivity index (χ4n) is 25.0. The molecule has 0 aromatic carbocycles. The Kier molecular flexibility index (Phi) is 50.1. The number of aliphatic hydroxyl groups is 4. The van der Waals surface area contributed by atoms with Crippen molar-refractivity contribution in [2.24, 2.45) is 106 Å². The highest BCUT2D eigenvalue weighted by Gasteiger charge is 2.69. The SMILES string of the molecule is CC(=O)OC(C)=O.CC1=C(O)C(=O)C=C2C1=CCC1[C@@]2(C)CC[C@@]2(C)[C@@H]3C[C@](C)(C(=O)O)CC[C@]3(C)CC[C@]12C.CC[C@@]1(C)C[C@](C)(CCC(C)(C)C(=O)O)CC[C@]1(C)C1=CCC(=C(\C)CO)/C(=C\CO)[C@H]1C.CO.COC(=O)[C@H](CS)NC(C)=O.COC(=O)[C@H](CS)NC(C)=O.COC(=O)[C@H](CSC1/C=C(C)/C(OC(C)=O)=C(OC(C)=O)\C=C\[C@]2(C)CC[C@@H](C)[C@H](CC(C)(C)C(=O)O)C(C)(C)CC[C@H](C)C2C1)NC(C)=O. The van der Waals surface area contributed by atoms with E-state index in [0.717, 1.165) is 157 Å². The van der Waals surface area contributed by atoms with Crippen LogP contribution in [0.3, 0.4) is 0 Å². The molecule has 832 valence electrons. The molecule has 10 N–H and O–H groups in total. The summed E-state index contributed by atoms with van der Waals surface area (Å²) in [7, 11) is 4.82. The third-order valence-electron chi connectivity index (χ3n) is 34.8. The summed E-state index contributed by atoms with van der Waals surface area (Å²) in [5, 5.41) is 73.8. The number of thioether (sulfide) groups is 1. The zero-order chi connectivity index (χ0) is 113. The lowest BCUT2D eigenvalue weighted by Gasteiger charge is -2.72. The minimum absolute atomic E-state index is 0.00829. The maximum Gasteiger partial charge on any atom is 0.329 e. The zero-order valence-electron chi connectivity index (χ0n) is 94.4. The predicted molar refractivity (Wildman–Crippen MR) is 578 cm³/mol. The molecule has 0 aromatic heterocycles. The first kappa shape index (κ1) is 133. The van der Waals surface area contributed by atoms with E-state index in [1.165, 1.54) is 92.7 Å². The Morgan fingerprint density at radius 2 is 1.12 bits per heavy atom. The summed E-state index contributed by atoms with van der Waals surface area (Å²) in [4.78, 5) is 160. The summed E-state index contributed by atoms with van der Waals surface area (Å²) < 4.78 is 29.1. The van der Waals surface area contributed by atoms with Gasteiger partial charge in [-0.3, -0.25) is 52.7 Å². The van der Waals surface area contributed by atoms with Crippen molar-refractivity contribution in [3.05, 3.63) is 104 Å². The number of carboxylic acid groups (broad SMARTS) is 3. The predicted octanol–water partition coefficient (Wildman–Crippen LogP) is 20.0. The molecular formula is C114H181N3O27S3. The first-order valence-electron chi connectivity index (χ1n) is 51.7. The van der Waals surface area contributed by atoms with E-state index < -0.39 is 99.5 Å². The molecule has 20 atom stereocenters. The van der Waals surface area contributed by atoms with Crippen LogP contribution in [0.5, 0.6) is 0 Å². The van der Waals surface area contributed by atoms with Crippen LogP contribution >= 0.6 is 37.0 Å². The van der Waals surface area contributed by atoms with Gasteiger partial charge < -0.3 is 80.1 Å². The van der Waals surface area contributed by atoms with E-state index >= 15 is 0 Å². The van der Waals surface area contributed by atoms with Crippen LogP contribution in [-0.2, 0) is 95.5 Å². The smallest absolute Gasteiger partial charge is 0.329 e. The Bertz CT molecular complexity index is 4960. The number of esters is 7. The second-order valence-electron chi connectivity index (χ2n) is 46.7. The van der Waals surface area contributed by atoms with Gasteiger partial charge in [0.25, 0.3) is 0 Å². The maximum atomic E-state index is 12.6.